The third kappa shape index (κ3) is 4.81. The van der Waals surface area contributed by atoms with E-state index in [-0.39, 0.29) is 11.9 Å². The second kappa shape index (κ2) is 9.65. The van der Waals surface area contributed by atoms with Crippen LogP contribution in [-0.4, -0.2) is 36.8 Å². The third-order valence-electron chi connectivity index (χ3n) is 4.67. The smallest absolute Gasteiger partial charge is 0.244 e. The second-order valence-electron chi connectivity index (χ2n) is 6.58. The summed E-state index contributed by atoms with van der Waals surface area (Å²) < 4.78 is 17.9. The first kappa shape index (κ1) is 21.0. The second-order valence-corrected chi connectivity index (χ2v) is 6.58. The molecule has 0 unspecified atom stereocenters. The van der Waals surface area contributed by atoms with Crippen molar-refractivity contribution in [2.75, 3.05) is 21.3 Å². The molecule has 1 amide bonds. The summed E-state index contributed by atoms with van der Waals surface area (Å²) in [7, 11) is 4.65. The molecule has 1 N–H and O–H groups in total. The van der Waals surface area contributed by atoms with E-state index in [0.29, 0.717) is 17.2 Å². The van der Waals surface area contributed by atoms with Gasteiger partial charge in [-0.25, -0.2) is 4.98 Å². The fourth-order valence-electron chi connectivity index (χ4n) is 3.06. The van der Waals surface area contributed by atoms with Crippen molar-refractivity contribution < 1.29 is 19.0 Å². The average molecular weight is 407 g/mol. The number of nitrogens with zero attached hydrogens (tertiary/aromatic N) is 2. The van der Waals surface area contributed by atoms with Gasteiger partial charge in [-0.2, -0.15) is 0 Å². The first-order chi connectivity index (χ1) is 14.5. The van der Waals surface area contributed by atoms with Crippen LogP contribution < -0.4 is 19.5 Å². The van der Waals surface area contributed by atoms with E-state index in [1.807, 2.05) is 42.0 Å². The first-order valence-corrected chi connectivity index (χ1v) is 9.42. The van der Waals surface area contributed by atoms with Gasteiger partial charge >= 0.3 is 0 Å². The van der Waals surface area contributed by atoms with Crippen molar-refractivity contribution in [3.05, 3.63) is 72.3 Å². The molecule has 0 spiro atoms. The molecule has 0 aliphatic carbocycles. The molecular formula is C23H25N3O4. The molecule has 3 rings (SSSR count). The van der Waals surface area contributed by atoms with Gasteiger partial charge in [0.25, 0.3) is 0 Å². The topological polar surface area (TPSA) is 74.6 Å². The number of ether oxygens (including phenoxy) is 3. The number of hydrogen-bond donors (Lipinski definition) is 1. The highest BCUT2D eigenvalue weighted by atomic mass is 16.5. The van der Waals surface area contributed by atoms with Gasteiger partial charge < -0.3 is 24.1 Å². The molecule has 7 heteroatoms. The molecule has 0 saturated heterocycles. The Morgan fingerprint density at radius 2 is 1.73 bits per heavy atom. The Kier molecular flexibility index (Phi) is 6.75. The number of amides is 1. The van der Waals surface area contributed by atoms with Crippen molar-refractivity contribution in [3.63, 3.8) is 0 Å². The van der Waals surface area contributed by atoms with Crippen molar-refractivity contribution in [3.8, 4) is 22.9 Å². The highest BCUT2D eigenvalue weighted by molar-refractivity contribution is 5.92. The van der Waals surface area contributed by atoms with Crippen LogP contribution in [-0.2, 0) is 4.79 Å². The van der Waals surface area contributed by atoms with Crippen LogP contribution in [0.15, 0.2) is 61.2 Å². The van der Waals surface area contributed by atoms with Gasteiger partial charge in [-0.1, -0.05) is 12.1 Å². The Hall–Kier alpha value is -3.74. The number of benzene rings is 2. The van der Waals surface area contributed by atoms with Crippen LogP contribution in [0.2, 0.25) is 0 Å². The maximum atomic E-state index is 12.4. The molecular weight excluding hydrogens is 382 g/mol. The molecule has 7 nitrogen and oxygen atoms in total. The van der Waals surface area contributed by atoms with Crippen LogP contribution in [0.1, 0.15) is 24.1 Å². The zero-order valence-electron chi connectivity index (χ0n) is 17.5. The first-order valence-electron chi connectivity index (χ1n) is 9.42. The normalized spacial score (nSPS) is 11.9. The number of carbonyl (C=O) groups is 1. The van der Waals surface area contributed by atoms with E-state index in [1.54, 1.807) is 52.1 Å². The van der Waals surface area contributed by atoms with E-state index in [2.05, 4.69) is 10.3 Å². The van der Waals surface area contributed by atoms with Gasteiger partial charge in [0.05, 0.1) is 33.7 Å². The molecule has 0 bridgehead atoms. The Morgan fingerprint density at radius 3 is 2.27 bits per heavy atom. The van der Waals surface area contributed by atoms with Crippen molar-refractivity contribution in [2.24, 2.45) is 0 Å². The predicted molar refractivity (Wildman–Crippen MR) is 115 cm³/mol. The van der Waals surface area contributed by atoms with Crippen LogP contribution in [0, 0.1) is 0 Å². The van der Waals surface area contributed by atoms with E-state index in [1.165, 1.54) is 6.08 Å². The molecule has 1 atom stereocenters. The molecule has 1 heterocycles. The summed E-state index contributed by atoms with van der Waals surface area (Å²) in [5.74, 6) is 1.37. The van der Waals surface area contributed by atoms with Crippen molar-refractivity contribution >= 4 is 12.0 Å². The van der Waals surface area contributed by atoms with Gasteiger partial charge in [0.1, 0.15) is 0 Å². The largest absolute Gasteiger partial charge is 0.493 e. The summed E-state index contributed by atoms with van der Waals surface area (Å²) >= 11 is 0. The summed E-state index contributed by atoms with van der Waals surface area (Å²) in [5.41, 5.74) is 2.78. The summed E-state index contributed by atoms with van der Waals surface area (Å²) in [6.07, 6.45) is 8.55. The number of imidazole rings is 1. The summed E-state index contributed by atoms with van der Waals surface area (Å²) in [6.45, 7) is 1.94. The fourth-order valence-corrected chi connectivity index (χ4v) is 3.06. The maximum Gasteiger partial charge on any atom is 0.244 e. The summed E-state index contributed by atoms with van der Waals surface area (Å²) in [6, 6.07) is 11.4. The zero-order chi connectivity index (χ0) is 21.5. The van der Waals surface area contributed by atoms with Crippen molar-refractivity contribution in [1.29, 1.82) is 0 Å². The van der Waals surface area contributed by atoms with Crippen LogP contribution >= 0.6 is 0 Å². The minimum atomic E-state index is -0.199. The van der Waals surface area contributed by atoms with Gasteiger partial charge in [-0.3, -0.25) is 4.79 Å². The highest BCUT2D eigenvalue weighted by Crippen LogP contribution is 2.38. The lowest BCUT2D eigenvalue weighted by atomic mass is 10.1. The molecule has 0 saturated carbocycles. The number of nitrogens with one attached hydrogen (secondary N) is 1. The molecule has 156 valence electrons. The maximum absolute atomic E-state index is 12.4. The Balaban J connectivity index is 1.67. The lowest BCUT2D eigenvalue weighted by Crippen LogP contribution is -2.24. The third-order valence-corrected chi connectivity index (χ3v) is 4.67. The monoisotopic (exact) mass is 407 g/mol. The lowest BCUT2D eigenvalue weighted by Gasteiger charge is -2.14. The number of rotatable bonds is 8. The predicted octanol–water partition coefficient (Wildman–Crippen LogP) is 3.79. The number of hydrogen-bond acceptors (Lipinski definition) is 5. The Morgan fingerprint density at radius 1 is 1.07 bits per heavy atom. The molecule has 30 heavy (non-hydrogen) atoms. The zero-order valence-corrected chi connectivity index (χ0v) is 17.5. The molecule has 1 aromatic heterocycles. The highest BCUT2D eigenvalue weighted by Gasteiger charge is 2.12. The van der Waals surface area contributed by atoms with Gasteiger partial charge in [-0.15, -0.1) is 0 Å². The fraction of sp³-hybridized carbons (Fsp3) is 0.217. The summed E-state index contributed by atoms with van der Waals surface area (Å²) in [4.78, 5) is 16.4. The SMILES string of the molecule is COc1cc(/C=C/C(=O)N[C@@H](C)c2ccc(-n3ccnc3)cc2)cc(OC)c1OC. The molecule has 0 radical (unpaired) electrons. The van der Waals surface area contributed by atoms with E-state index in [9.17, 15) is 4.79 Å². The Labute approximate surface area is 175 Å². The minimum absolute atomic E-state index is 0.140. The number of carbonyl (C=O) groups excluding carboxylic acids is 1. The molecule has 3 aromatic rings. The summed E-state index contributed by atoms with van der Waals surface area (Å²) in [5, 5.41) is 2.97. The van der Waals surface area contributed by atoms with E-state index < -0.39 is 0 Å². The number of aromatic nitrogens is 2. The average Bonchev–Trinajstić information content (AvgIpc) is 3.31. The Bertz CT molecular complexity index is 986. The van der Waals surface area contributed by atoms with Gasteiger partial charge in [0.2, 0.25) is 11.7 Å². The van der Waals surface area contributed by atoms with E-state index in [0.717, 1.165) is 16.8 Å². The molecule has 0 aliphatic rings. The van der Waals surface area contributed by atoms with Crippen LogP contribution in [0.3, 0.4) is 0 Å². The van der Waals surface area contributed by atoms with E-state index >= 15 is 0 Å². The van der Waals surface area contributed by atoms with Crippen molar-refractivity contribution in [2.45, 2.75) is 13.0 Å². The molecule has 0 fully saturated rings. The van der Waals surface area contributed by atoms with Crippen molar-refractivity contribution in [1.82, 2.24) is 14.9 Å². The molecule has 0 aliphatic heterocycles. The standard InChI is InChI=1S/C23H25N3O4/c1-16(18-6-8-19(9-7-18)26-12-11-24-15-26)25-22(27)10-5-17-13-20(28-2)23(30-4)21(14-17)29-3/h5-16H,1-4H3,(H,25,27)/b10-5+/t16-/m0/s1. The van der Waals surface area contributed by atoms with Crippen LogP contribution in [0.25, 0.3) is 11.8 Å². The van der Waals surface area contributed by atoms with Gasteiger partial charge in [0, 0.05) is 24.2 Å². The van der Waals surface area contributed by atoms with Gasteiger partial charge in [0.15, 0.2) is 11.5 Å². The van der Waals surface area contributed by atoms with Crippen LogP contribution in [0.5, 0.6) is 17.2 Å². The van der Waals surface area contributed by atoms with Gasteiger partial charge in [-0.05, 0) is 48.4 Å². The minimum Gasteiger partial charge on any atom is -0.493 e. The lowest BCUT2D eigenvalue weighted by molar-refractivity contribution is -0.117. The van der Waals surface area contributed by atoms with Crippen LogP contribution in [0.4, 0.5) is 0 Å². The van der Waals surface area contributed by atoms with E-state index in [4.69, 9.17) is 14.2 Å². The number of methoxy groups -OCH3 is 3. The molecule has 2 aromatic carbocycles. The quantitative estimate of drug-likeness (QED) is 0.575.